The van der Waals surface area contributed by atoms with Crippen LogP contribution in [0.25, 0.3) is 11.3 Å². The van der Waals surface area contributed by atoms with E-state index in [1.165, 1.54) is 0 Å². The number of aromatic hydroxyl groups is 1. The zero-order valence-electron chi connectivity index (χ0n) is 22.9. The topological polar surface area (TPSA) is 87.7 Å². The lowest BCUT2D eigenvalue weighted by atomic mass is 9.93. The van der Waals surface area contributed by atoms with Crippen molar-refractivity contribution in [3.8, 4) is 28.5 Å². The first-order chi connectivity index (χ1) is 17.8. The number of aromatic amines is 1. The molecular weight excluding hydrogens is 466 g/mol. The third kappa shape index (κ3) is 5.31. The molecule has 0 saturated carbocycles. The number of nitrogens with zero attached hydrogens (tertiary/aromatic N) is 2. The molecule has 2 aromatic carbocycles. The van der Waals surface area contributed by atoms with E-state index < -0.39 is 0 Å². The van der Waals surface area contributed by atoms with Crippen molar-refractivity contribution in [3.63, 3.8) is 0 Å². The molecule has 0 spiro atoms. The summed E-state index contributed by atoms with van der Waals surface area (Å²) in [5.74, 6) is 2.02. The average molecular weight is 506 g/mol. The second-order valence-corrected chi connectivity index (χ2v) is 10.3. The van der Waals surface area contributed by atoms with Gasteiger partial charge in [-0.05, 0) is 74.4 Å². The van der Waals surface area contributed by atoms with Crippen LogP contribution in [0.4, 0.5) is 0 Å². The van der Waals surface area contributed by atoms with Gasteiger partial charge in [0.1, 0.15) is 17.1 Å². The lowest BCUT2D eigenvalue weighted by Crippen LogP contribution is -2.30. The molecule has 2 heterocycles. The summed E-state index contributed by atoms with van der Waals surface area (Å²) in [4.78, 5) is 15.5. The Labute approximate surface area is 219 Å². The fraction of sp³-hybridized carbons (Fsp3) is 0.467. The zero-order valence-corrected chi connectivity index (χ0v) is 22.9. The van der Waals surface area contributed by atoms with Gasteiger partial charge in [0.25, 0.3) is 5.91 Å². The van der Waals surface area contributed by atoms with Crippen LogP contribution in [0.3, 0.4) is 0 Å². The monoisotopic (exact) mass is 505 g/mol. The molecule has 0 radical (unpaired) electrons. The van der Waals surface area contributed by atoms with Gasteiger partial charge in [-0.15, -0.1) is 0 Å². The molecule has 2 N–H and O–H groups in total. The molecule has 0 bridgehead atoms. The predicted molar refractivity (Wildman–Crippen MR) is 146 cm³/mol. The summed E-state index contributed by atoms with van der Waals surface area (Å²) in [5.41, 5.74) is 5.22. The van der Waals surface area contributed by atoms with Gasteiger partial charge in [-0.3, -0.25) is 9.89 Å². The summed E-state index contributed by atoms with van der Waals surface area (Å²) in [6, 6.07) is 9.44. The first kappa shape index (κ1) is 26.6. The number of carbonyl (C=O) groups excluding carboxylic acids is 1. The first-order valence-electron chi connectivity index (χ1n) is 13.4. The van der Waals surface area contributed by atoms with E-state index in [4.69, 9.17) is 9.47 Å². The van der Waals surface area contributed by atoms with Gasteiger partial charge in [-0.25, -0.2) is 0 Å². The number of H-pyrrole nitrogens is 1. The van der Waals surface area contributed by atoms with Crippen molar-refractivity contribution in [2.24, 2.45) is 5.92 Å². The number of benzene rings is 2. The molecule has 1 aliphatic rings. The third-order valence-corrected chi connectivity index (χ3v) is 6.85. The summed E-state index contributed by atoms with van der Waals surface area (Å²) in [5, 5.41) is 18.5. The molecular formula is C30H39N3O4. The molecule has 1 aliphatic heterocycles. The molecule has 0 fully saturated rings. The van der Waals surface area contributed by atoms with E-state index in [1.807, 2.05) is 56.0 Å². The molecule has 7 nitrogen and oxygen atoms in total. The number of nitrogens with one attached hydrogen (secondary N) is 1. The molecule has 1 aromatic heterocycles. The standard InChI is InChI=1S/C30H39N3O4/c1-7-9-13-33-28(21-10-11-23(24(17-21)36-8-2)37-14-12-18(3)4)25-26(31-32-27(25)30(33)35)22-16-19(5)15-20(6)29(22)34/h10-11,15-18,28,34H,7-9,12-14H2,1-6H3,(H,31,32). The molecule has 37 heavy (non-hydrogen) atoms. The van der Waals surface area contributed by atoms with Crippen LogP contribution < -0.4 is 9.47 Å². The number of fused-ring (bicyclic) bond motifs is 1. The third-order valence-electron chi connectivity index (χ3n) is 6.85. The van der Waals surface area contributed by atoms with Crippen molar-refractivity contribution in [3.05, 3.63) is 58.3 Å². The zero-order chi connectivity index (χ0) is 26.7. The summed E-state index contributed by atoms with van der Waals surface area (Å²) in [7, 11) is 0. The Balaban J connectivity index is 1.82. The van der Waals surface area contributed by atoms with Gasteiger partial charge in [0.05, 0.1) is 19.3 Å². The van der Waals surface area contributed by atoms with Crippen LogP contribution in [0.1, 0.15) is 85.7 Å². The number of aryl methyl sites for hydroxylation is 2. The Kier molecular flexibility index (Phi) is 8.10. The van der Waals surface area contributed by atoms with Gasteiger partial charge in [0, 0.05) is 17.7 Å². The number of hydrogen-bond donors (Lipinski definition) is 2. The quantitative estimate of drug-likeness (QED) is 0.308. The lowest BCUT2D eigenvalue weighted by Gasteiger charge is -2.27. The average Bonchev–Trinajstić information content (AvgIpc) is 3.39. The summed E-state index contributed by atoms with van der Waals surface area (Å²) in [6.45, 7) is 14.0. The molecule has 0 saturated heterocycles. The normalized spacial score (nSPS) is 14.9. The number of unbranched alkanes of at least 4 members (excludes halogenated alkanes) is 1. The number of amides is 1. The van der Waals surface area contributed by atoms with E-state index in [0.29, 0.717) is 54.1 Å². The highest BCUT2D eigenvalue weighted by Gasteiger charge is 2.42. The van der Waals surface area contributed by atoms with Crippen LogP contribution in [0.2, 0.25) is 0 Å². The van der Waals surface area contributed by atoms with E-state index >= 15 is 0 Å². The molecule has 4 rings (SSSR count). The largest absolute Gasteiger partial charge is 0.507 e. The molecule has 1 unspecified atom stereocenters. The SMILES string of the molecule is CCCCN1C(=O)c2[nH]nc(-c3cc(C)cc(C)c3O)c2C1c1ccc(OCCC(C)C)c(OCC)c1. The van der Waals surface area contributed by atoms with Crippen LogP contribution in [-0.4, -0.2) is 45.9 Å². The van der Waals surface area contributed by atoms with Crippen molar-refractivity contribution in [2.45, 2.75) is 66.8 Å². The molecule has 7 heteroatoms. The van der Waals surface area contributed by atoms with Gasteiger partial charge < -0.3 is 19.5 Å². The fourth-order valence-electron chi connectivity index (χ4n) is 4.93. The van der Waals surface area contributed by atoms with Crippen molar-refractivity contribution < 1.29 is 19.4 Å². The van der Waals surface area contributed by atoms with Crippen LogP contribution in [0, 0.1) is 19.8 Å². The Morgan fingerprint density at radius 3 is 2.59 bits per heavy atom. The van der Waals surface area contributed by atoms with Gasteiger partial charge >= 0.3 is 0 Å². The molecule has 0 aliphatic carbocycles. The highest BCUT2D eigenvalue weighted by atomic mass is 16.5. The second-order valence-electron chi connectivity index (χ2n) is 10.3. The van der Waals surface area contributed by atoms with Gasteiger partial charge in [0.2, 0.25) is 0 Å². The second kappa shape index (κ2) is 11.3. The van der Waals surface area contributed by atoms with Crippen molar-refractivity contribution in [1.29, 1.82) is 0 Å². The van der Waals surface area contributed by atoms with E-state index in [2.05, 4.69) is 31.0 Å². The Hall–Kier alpha value is -3.48. The van der Waals surface area contributed by atoms with Crippen molar-refractivity contribution >= 4 is 5.91 Å². The van der Waals surface area contributed by atoms with Gasteiger partial charge in [0.15, 0.2) is 11.5 Å². The minimum Gasteiger partial charge on any atom is -0.507 e. The van der Waals surface area contributed by atoms with Crippen LogP contribution >= 0.6 is 0 Å². The number of rotatable bonds is 11. The number of hydrogen-bond acceptors (Lipinski definition) is 5. The number of phenols is 1. The van der Waals surface area contributed by atoms with E-state index in [0.717, 1.165) is 41.5 Å². The Bertz CT molecular complexity index is 1260. The van der Waals surface area contributed by atoms with Crippen LogP contribution in [0.15, 0.2) is 30.3 Å². The summed E-state index contributed by atoms with van der Waals surface area (Å²) < 4.78 is 12.0. The maximum absolute atomic E-state index is 13.6. The van der Waals surface area contributed by atoms with Crippen LogP contribution in [-0.2, 0) is 0 Å². The predicted octanol–water partition coefficient (Wildman–Crippen LogP) is 6.57. The summed E-state index contributed by atoms with van der Waals surface area (Å²) in [6.07, 6.45) is 2.81. The lowest BCUT2D eigenvalue weighted by molar-refractivity contribution is 0.0741. The number of phenolic OH excluding ortho intramolecular Hbond substituents is 1. The molecule has 3 aromatic rings. The van der Waals surface area contributed by atoms with Crippen LogP contribution in [0.5, 0.6) is 17.2 Å². The highest BCUT2D eigenvalue weighted by molar-refractivity contribution is 6.00. The maximum Gasteiger partial charge on any atom is 0.273 e. The smallest absolute Gasteiger partial charge is 0.273 e. The molecule has 198 valence electrons. The minimum absolute atomic E-state index is 0.0775. The fourth-order valence-corrected chi connectivity index (χ4v) is 4.93. The molecule has 1 amide bonds. The van der Waals surface area contributed by atoms with E-state index in [-0.39, 0.29) is 17.7 Å². The first-order valence-corrected chi connectivity index (χ1v) is 13.4. The van der Waals surface area contributed by atoms with E-state index in [1.54, 1.807) is 0 Å². The molecule has 1 atom stereocenters. The Morgan fingerprint density at radius 2 is 1.89 bits per heavy atom. The summed E-state index contributed by atoms with van der Waals surface area (Å²) >= 11 is 0. The minimum atomic E-state index is -0.355. The van der Waals surface area contributed by atoms with Gasteiger partial charge in [-0.2, -0.15) is 5.10 Å². The van der Waals surface area contributed by atoms with Crippen molar-refractivity contribution in [1.82, 2.24) is 15.1 Å². The van der Waals surface area contributed by atoms with Crippen molar-refractivity contribution in [2.75, 3.05) is 19.8 Å². The number of aromatic nitrogens is 2. The number of carbonyl (C=O) groups is 1. The number of ether oxygens (including phenoxy) is 2. The highest BCUT2D eigenvalue weighted by Crippen LogP contribution is 2.46. The van der Waals surface area contributed by atoms with Gasteiger partial charge in [-0.1, -0.05) is 39.3 Å². The maximum atomic E-state index is 13.6. The Morgan fingerprint density at radius 1 is 1.11 bits per heavy atom. The van der Waals surface area contributed by atoms with E-state index in [9.17, 15) is 9.90 Å².